The average molecular weight is 1060 g/mol. The maximum absolute atomic E-state index is 13.1. The zero-order valence-corrected chi connectivity index (χ0v) is 46.8. The highest BCUT2D eigenvalue weighted by atomic mass is 16.7. The molecule has 0 saturated carbocycles. The molecule has 436 valence electrons. The van der Waals surface area contributed by atoms with Gasteiger partial charge in [0.2, 0.25) is 0 Å². The van der Waals surface area contributed by atoms with Crippen LogP contribution in [0.1, 0.15) is 251 Å². The van der Waals surface area contributed by atoms with E-state index in [9.17, 15) is 40.5 Å². The number of carbonyl (C=O) groups excluding carboxylic acids is 1. The van der Waals surface area contributed by atoms with Crippen LogP contribution < -0.4 is 0 Å². The summed E-state index contributed by atoms with van der Waals surface area (Å²) >= 11 is 0. The van der Waals surface area contributed by atoms with E-state index in [2.05, 4.69) is 38.2 Å². The summed E-state index contributed by atoms with van der Waals surface area (Å²) in [5, 5.41) is 72.4. The van der Waals surface area contributed by atoms with Crippen molar-refractivity contribution in [2.24, 2.45) is 0 Å². The van der Waals surface area contributed by atoms with Gasteiger partial charge in [-0.3, -0.25) is 4.79 Å². The third-order valence-corrected chi connectivity index (χ3v) is 14.7. The molecule has 0 aliphatic carbocycles. The van der Waals surface area contributed by atoms with Crippen LogP contribution in [0.2, 0.25) is 0 Å². The van der Waals surface area contributed by atoms with Gasteiger partial charge in [-0.2, -0.15) is 0 Å². The van der Waals surface area contributed by atoms with Crippen molar-refractivity contribution >= 4 is 5.97 Å². The van der Waals surface area contributed by atoms with Crippen molar-refractivity contribution in [1.82, 2.24) is 0 Å². The molecule has 2 fully saturated rings. The van der Waals surface area contributed by atoms with Crippen LogP contribution in [0.5, 0.6) is 0 Å². The first-order valence-electron chi connectivity index (χ1n) is 30.4. The minimum absolute atomic E-state index is 0.0622. The molecular weight excluding hydrogens is 945 g/mol. The molecule has 2 aliphatic heterocycles. The van der Waals surface area contributed by atoms with Crippen LogP contribution in [-0.4, -0.2) is 142 Å². The Hall–Kier alpha value is -1.53. The maximum Gasteiger partial charge on any atom is 0.306 e. The quantitative estimate of drug-likeness (QED) is 0.0172. The van der Waals surface area contributed by atoms with Crippen molar-refractivity contribution in [3.63, 3.8) is 0 Å². The Morgan fingerprint density at radius 3 is 1.23 bits per heavy atom. The number of aliphatic hydroxyl groups excluding tert-OH is 7. The van der Waals surface area contributed by atoms with Gasteiger partial charge in [0.1, 0.15) is 54.9 Å². The molecule has 14 heteroatoms. The lowest BCUT2D eigenvalue weighted by atomic mass is 9.98. The molecule has 0 aromatic heterocycles. The predicted octanol–water partition coefficient (Wildman–Crippen LogP) is 11.1. The van der Waals surface area contributed by atoms with Gasteiger partial charge < -0.3 is 64.2 Å². The Morgan fingerprint density at radius 1 is 0.432 bits per heavy atom. The Labute approximate surface area is 449 Å². The normalized spacial score (nSPS) is 24.9. The molecule has 0 radical (unpaired) electrons. The number of hydrogen-bond acceptors (Lipinski definition) is 14. The van der Waals surface area contributed by atoms with Crippen LogP contribution in [0.15, 0.2) is 24.3 Å². The average Bonchev–Trinajstić information content (AvgIpc) is 3.40. The lowest BCUT2D eigenvalue weighted by Crippen LogP contribution is -2.61. The van der Waals surface area contributed by atoms with Crippen LogP contribution in [0.25, 0.3) is 0 Å². The van der Waals surface area contributed by atoms with Gasteiger partial charge in [-0.05, 0) is 64.2 Å². The van der Waals surface area contributed by atoms with E-state index in [4.69, 9.17) is 28.4 Å². The molecule has 74 heavy (non-hydrogen) atoms. The molecule has 2 rings (SSSR count). The number of esters is 1. The molecular formula is C60H112O14. The summed E-state index contributed by atoms with van der Waals surface area (Å²) in [6.07, 6.45) is 38.1. The molecule has 2 saturated heterocycles. The van der Waals surface area contributed by atoms with E-state index in [0.717, 1.165) is 44.9 Å². The van der Waals surface area contributed by atoms with Crippen LogP contribution >= 0.6 is 0 Å². The molecule has 0 aromatic rings. The molecule has 0 spiro atoms. The number of aliphatic hydroxyl groups is 7. The largest absolute Gasteiger partial charge is 0.457 e. The first kappa shape index (κ1) is 68.6. The second kappa shape index (κ2) is 47.5. The highest BCUT2D eigenvalue weighted by Crippen LogP contribution is 2.27. The van der Waals surface area contributed by atoms with Crippen LogP contribution in [0, 0.1) is 0 Å². The van der Waals surface area contributed by atoms with Crippen molar-refractivity contribution in [1.29, 1.82) is 0 Å². The number of hydrogen-bond donors (Lipinski definition) is 7. The zero-order chi connectivity index (χ0) is 53.7. The lowest BCUT2D eigenvalue weighted by Gasteiger charge is -2.42. The van der Waals surface area contributed by atoms with Crippen molar-refractivity contribution in [2.45, 2.75) is 319 Å². The standard InChI is InChI=1S/C60H112O14/c1-3-5-7-9-11-13-15-17-19-21-23-24-25-26-28-30-32-34-36-38-40-42-44-69-46-49(72-52(62)43-41-39-37-35-33-31-29-27-22-20-18-16-14-12-10-8-6-4-2)47-70-59-58(68)56(66)54(64)51(74-59)48-71-60-57(67)55(65)53(63)50(45-61)73-60/h20-23,49-51,53-61,63-68H,3-19,24-48H2,1-2H3/b22-20-,23-21-. The van der Waals surface area contributed by atoms with E-state index >= 15 is 0 Å². The Balaban J connectivity index is 1.70. The summed E-state index contributed by atoms with van der Waals surface area (Å²) in [5.41, 5.74) is 0. The van der Waals surface area contributed by atoms with Gasteiger partial charge in [0.05, 0.1) is 26.4 Å². The van der Waals surface area contributed by atoms with E-state index < -0.39 is 80.7 Å². The fourth-order valence-electron chi connectivity index (χ4n) is 9.75. The summed E-state index contributed by atoms with van der Waals surface area (Å²) in [6.45, 7) is 3.72. The van der Waals surface area contributed by atoms with Gasteiger partial charge in [0.25, 0.3) is 0 Å². The fraction of sp³-hybridized carbons (Fsp3) is 0.917. The van der Waals surface area contributed by atoms with E-state index in [1.165, 1.54) is 180 Å². The molecule has 0 amide bonds. The molecule has 0 aromatic carbocycles. The monoisotopic (exact) mass is 1060 g/mol. The summed E-state index contributed by atoms with van der Waals surface area (Å²) < 4.78 is 34.4. The molecule has 11 unspecified atom stereocenters. The molecule has 2 aliphatic rings. The summed E-state index contributed by atoms with van der Waals surface area (Å²) in [7, 11) is 0. The third kappa shape index (κ3) is 33.7. The Kier molecular flexibility index (Phi) is 44.0. The van der Waals surface area contributed by atoms with Gasteiger partial charge in [-0.1, -0.05) is 205 Å². The van der Waals surface area contributed by atoms with E-state index in [0.29, 0.717) is 13.0 Å². The minimum atomic E-state index is -1.71. The van der Waals surface area contributed by atoms with Gasteiger partial charge in [-0.15, -0.1) is 0 Å². The molecule has 14 nitrogen and oxygen atoms in total. The second-order valence-electron chi connectivity index (χ2n) is 21.5. The maximum atomic E-state index is 13.1. The number of allylic oxidation sites excluding steroid dienone is 4. The second-order valence-corrected chi connectivity index (χ2v) is 21.5. The summed E-state index contributed by atoms with van der Waals surface area (Å²) in [4.78, 5) is 13.1. The van der Waals surface area contributed by atoms with E-state index in [1.54, 1.807) is 0 Å². The van der Waals surface area contributed by atoms with Crippen molar-refractivity contribution < 1.29 is 69.0 Å². The summed E-state index contributed by atoms with van der Waals surface area (Å²) in [5.74, 6) is -0.377. The van der Waals surface area contributed by atoms with Gasteiger partial charge in [0.15, 0.2) is 12.6 Å². The van der Waals surface area contributed by atoms with Gasteiger partial charge in [0, 0.05) is 13.0 Å². The molecule has 2 heterocycles. The lowest BCUT2D eigenvalue weighted by molar-refractivity contribution is -0.332. The fourth-order valence-corrected chi connectivity index (χ4v) is 9.75. The number of unbranched alkanes of at least 4 members (excludes halogenated alkanes) is 32. The van der Waals surface area contributed by atoms with Crippen molar-refractivity contribution in [3.05, 3.63) is 24.3 Å². The minimum Gasteiger partial charge on any atom is -0.457 e. The Morgan fingerprint density at radius 2 is 0.797 bits per heavy atom. The topological polar surface area (TPSA) is 214 Å². The predicted molar refractivity (Wildman–Crippen MR) is 294 cm³/mol. The number of rotatable bonds is 50. The van der Waals surface area contributed by atoms with Crippen molar-refractivity contribution in [3.8, 4) is 0 Å². The highest BCUT2D eigenvalue weighted by Gasteiger charge is 2.47. The smallest absolute Gasteiger partial charge is 0.306 e. The number of ether oxygens (including phenoxy) is 6. The number of carbonyl (C=O) groups is 1. The zero-order valence-electron chi connectivity index (χ0n) is 46.8. The van der Waals surface area contributed by atoms with Gasteiger partial charge in [-0.25, -0.2) is 0 Å². The van der Waals surface area contributed by atoms with E-state index in [-0.39, 0.29) is 25.6 Å². The SMILES string of the molecule is CCCCCCCCC/C=C\CCCCCCCCCC(=O)OC(COCCCCCCCCCCCC/C=C\CCCCCCCCCC)COC1OC(COC2OC(CO)C(O)C(O)C2O)C(O)C(O)C1O. The third-order valence-electron chi connectivity index (χ3n) is 14.7. The first-order valence-corrected chi connectivity index (χ1v) is 30.4. The van der Waals surface area contributed by atoms with Crippen molar-refractivity contribution in [2.75, 3.05) is 33.0 Å². The molecule has 7 N–H and O–H groups in total. The Bertz CT molecular complexity index is 1320. The van der Waals surface area contributed by atoms with Crippen LogP contribution in [0.3, 0.4) is 0 Å². The van der Waals surface area contributed by atoms with Crippen LogP contribution in [-0.2, 0) is 33.2 Å². The molecule has 0 bridgehead atoms. The van der Waals surface area contributed by atoms with E-state index in [1.807, 2.05) is 0 Å². The van der Waals surface area contributed by atoms with Gasteiger partial charge >= 0.3 is 5.97 Å². The highest BCUT2D eigenvalue weighted by molar-refractivity contribution is 5.69. The first-order chi connectivity index (χ1) is 36.1. The summed E-state index contributed by atoms with van der Waals surface area (Å²) in [6, 6.07) is 0. The molecule has 11 atom stereocenters. The van der Waals surface area contributed by atoms with Crippen LogP contribution in [0.4, 0.5) is 0 Å².